The molecule has 2 aromatic carbocycles. The minimum absolute atomic E-state index is 0.160. The average Bonchev–Trinajstić information content (AvgIpc) is 3.28. The molecule has 0 aliphatic carbocycles. The third-order valence-electron chi connectivity index (χ3n) is 6.33. The molecule has 12 heteroatoms. The van der Waals surface area contributed by atoms with Crippen LogP contribution in [0.1, 0.15) is 50.2 Å². The number of carbonyl (C=O) groups excluding carboxylic acids is 2. The standard InChI is InChI=1S/C30H35BrN2O7S2/c1-5-38-29(35)28-26(39-19-24(34)40-30(2,3)4)25(31)27(41-28)20-10-9-11-22(18-20)33(21-14-16-32-17-15-21)42(36,37)23-12-7-6-8-13-23/h6-13,18,21,32H,5,14-17,19H2,1-4H3. The number of ether oxygens (including phenoxy) is 3. The second-order valence-corrected chi connectivity index (χ2v) is 14.3. The van der Waals surface area contributed by atoms with Crippen molar-refractivity contribution in [2.75, 3.05) is 30.6 Å². The molecule has 0 unspecified atom stereocenters. The number of anilines is 1. The minimum Gasteiger partial charge on any atom is -0.479 e. The molecule has 1 saturated heterocycles. The number of hydrogen-bond donors (Lipinski definition) is 1. The van der Waals surface area contributed by atoms with Crippen molar-refractivity contribution in [1.29, 1.82) is 0 Å². The second kappa shape index (κ2) is 13.6. The predicted molar refractivity (Wildman–Crippen MR) is 167 cm³/mol. The van der Waals surface area contributed by atoms with E-state index in [2.05, 4.69) is 21.2 Å². The highest BCUT2D eigenvalue weighted by molar-refractivity contribution is 9.10. The Bertz CT molecular complexity index is 1510. The molecule has 1 aromatic heterocycles. The maximum Gasteiger partial charge on any atom is 0.352 e. The molecule has 1 fully saturated rings. The Morgan fingerprint density at radius 1 is 1.07 bits per heavy atom. The van der Waals surface area contributed by atoms with Crippen LogP contribution in [-0.4, -0.2) is 58.3 Å². The van der Waals surface area contributed by atoms with Gasteiger partial charge in [0.1, 0.15) is 5.60 Å². The summed E-state index contributed by atoms with van der Waals surface area (Å²) < 4.78 is 46.4. The summed E-state index contributed by atoms with van der Waals surface area (Å²) in [4.78, 5) is 26.3. The molecule has 1 aliphatic heterocycles. The zero-order valence-electron chi connectivity index (χ0n) is 24.0. The molecule has 0 spiro atoms. The fourth-order valence-electron chi connectivity index (χ4n) is 4.62. The quantitative estimate of drug-likeness (QED) is 0.259. The third-order valence-corrected chi connectivity index (χ3v) is 10.4. The molecular formula is C30H35BrN2O7S2. The van der Waals surface area contributed by atoms with Crippen molar-refractivity contribution < 1.29 is 32.2 Å². The van der Waals surface area contributed by atoms with Crippen LogP contribution >= 0.6 is 27.3 Å². The number of rotatable bonds is 10. The number of esters is 2. The van der Waals surface area contributed by atoms with Gasteiger partial charge in [0.2, 0.25) is 0 Å². The van der Waals surface area contributed by atoms with Gasteiger partial charge in [-0.1, -0.05) is 30.3 Å². The second-order valence-electron chi connectivity index (χ2n) is 10.6. The normalized spacial score (nSPS) is 14.3. The van der Waals surface area contributed by atoms with Crippen molar-refractivity contribution in [3.63, 3.8) is 0 Å². The van der Waals surface area contributed by atoms with E-state index in [1.165, 1.54) is 4.31 Å². The van der Waals surface area contributed by atoms with Crippen molar-refractivity contribution in [2.24, 2.45) is 0 Å². The molecule has 2 heterocycles. The van der Waals surface area contributed by atoms with Crippen LogP contribution in [0.4, 0.5) is 5.69 Å². The minimum atomic E-state index is -3.87. The first kappa shape index (κ1) is 32.0. The lowest BCUT2D eigenvalue weighted by Crippen LogP contribution is -2.46. The van der Waals surface area contributed by atoms with Crippen LogP contribution < -0.4 is 14.4 Å². The summed E-state index contributed by atoms with van der Waals surface area (Å²) in [6.45, 7) is 8.15. The number of halogens is 1. The summed E-state index contributed by atoms with van der Waals surface area (Å²) >= 11 is 4.71. The third kappa shape index (κ3) is 7.52. The topological polar surface area (TPSA) is 111 Å². The van der Waals surface area contributed by atoms with Crippen LogP contribution in [0.25, 0.3) is 10.4 Å². The van der Waals surface area contributed by atoms with E-state index in [1.807, 2.05) is 6.07 Å². The Kier molecular flexibility index (Phi) is 10.3. The molecule has 9 nitrogen and oxygen atoms in total. The fraction of sp³-hybridized carbons (Fsp3) is 0.400. The van der Waals surface area contributed by atoms with E-state index < -0.39 is 34.2 Å². The Morgan fingerprint density at radius 3 is 2.40 bits per heavy atom. The summed E-state index contributed by atoms with van der Waals surface area (Å²) in [6.07, 6.45) is 1.32. The van der Waals surface area contributed by atoms with Gasteiger partial charge in [0.15, 0.2) is 17.2 Å². The number of benzene rings is 2. The zero-order valence-corrected chi connectivity index (χ0v) is 27.2. The smallest absolute Gasteiger partial charge is 0.352 e. The van der Waals surface area contributed by atoms with Gasteiger partial charge in [-0.25, -0.2) is 18.0 Å². The molecule has 0 amide bonds. The van der Waals surface area contributed by atoms with Gasteiger partial charge in [-0.3, -0.25) is 4.31 Å². The Labute approximate surface area is 259 Å². The van der Waals surface area contributed by atoms with Crippen LogP contribution in [0.5, 0.6) is 5.75 Å². The molecule has 1 aliphatic rings. The number of piperidine rings is 1. The highest BCUT2D eigenvalue weighted by Crippen LogP contribution is 2.47. The highest BCUT2D eigenvalue weighted by atomic mass is 79.9. The molecule has 3 aromatic rings. The van der Waals surface area contributed by atoms with Gasteiger partial charge in [-0.05, 0) is 99.4 Å². The van der Waals surface area contributed by atoms with Crippen molar-refractivity contribution in [3.05, 3.63) is 63.9 Å². The molecule has 0 atom stereocenters. The monoisotopic (exact) mass is 678 g/mol. The lowest BCUT2D eigenvalue weighted by molar-refractivity contribution is -0.157. The summed E-state index contributed by atoms with van der Waals surface area (Å²) in [5, 5.41) is 3.30. The molecule has 1 N–H and O–H groups in total. The predicted octanol–water partition coefficient (Wildman–Crippen LogP) is 6.02. The molecule has 226 valence electrons. The largest absolute Gasteiger partial charge is 0.479 e. The van der Waals surface area contributed by atoms with Gasteiger partial charge >= 0.3 is 11.9 Å². The van der Waals surface area contributed by atoms with E-state index in [1.54, 1.807) is 76.2 Å². The summed E-state index contributed by atoms with van der Waals surface area (Å²) in [5.74, 6) is -1.01. The number of thiophene rings is 1. The Balaban J connectivity index is 1.76. The average molecular weight is 680 g/mol. The molecule has 42 heavy (non-hydrogen) atoms. The zero-order chi connectivity index (χ0) is 30.5. The number of sulfonamides is 1. The number of hydrogen-bond acceptors (Lipinski definition) is 9. The van der Waals surface area contributed by atoms with E-state index in [0.29, 0.717) is 46.5 Å². The van der Waals surface area contributed by atoms with E-state index >= 15 is 0 Å². The van der Waals surface area contributed by atoms with E-state index in [9.17, 15) is 18.0 Å². The highest BCUT2D eigenvalue weighted by Gasteiger charge is 2.33. The first-order valence-corrected chi connectivity index (χ1v) is 16.7. The first-order chi connectivity index (χ1) is 19.9. The number of carbonyl (C=O) groups is 2. The van der Waals surface area contributed by atoms with Crippen molar-refractivity contribution in [1.82, 2.24) is 5.32 Å². The number of nitrogens with one attached hydrogen (secondary N) is 1. The van der Waals surface area contributed by atoms with Crippen molar-refractivity contribution >= 4 is 54.9 Å². The van der Waals surface area contributed by atoms with E-state index in [0.717, 1.165) is 11.3 Å². The van der Waals surface area contributed by atoms with E-state index in [4.69, 9.17) is 14.2 Å². The summed E-state index contributed by atoms with van der Waals surface area (Å²) in [6, 6.07) is 15.4. The molecule has 0 radical (unpaired) electrons. The van der Waals surface area contributed by atoms with Crippen molar-refractivity contribution in [2.45, 2.75) is 57.1 Å². The fourth-order valence-corrected chi connectivity index (χ4v) is 8.29. The van der Waals surface area contributed by atoms with Gasteiger partial charge in [-0.15, -0.1) is 11.3 Å². The van der Waals surface area contributed by atoms with Crippen LogP contribution in [-0.2, 0) is 24.3 Å². The van der Waals surface area contributed by atoms with Gasteiger partial charge in [0.25, 0.3) is 10.0 Å². The van der Waals surface area contributed by atoms with Gasteiger partial charge in [-0.2, -0.15) is 0 Å². The van der Waals surface area contributed by atoms with Gasteiger partial charge in [0, 0.05) is 6.04 Å². The van der Waals surface area contributed by atoms with Crippen LogP contribution in [0.2, 0.25) is 0 Å². The van der Waals surface area contributed by atoms with Crippen molar-refractivity contribution in [3.8, 4) is 16.2 Å². The maximum absolute atomic E-state index is 14.0. The summed E-state index contributed by atoms with van der Waals surface area (Å²) in [7, 11) is -3.87. The summed E-state index contributed by atoms with van der Waals surface area (Å²) in [5.41, 5.74) is 0.490. The van der Waals surface area contributed by atoms with E-state index in [-0.39, 0.29) is 28.2 Å². The van der Waals surface area contributed by atoms with Gasteiger partial charge in [0.05, 0.1) is 26.5 Å². The number of nitrogens with zero attached hydrogens (tertiary/aromatic N) is 1. The van der Waals surface area contributed by atoms with Crippen LogP contribution in [0, 0.1) is 0 Å². The lowest BCUT2D eigenvalue weighted by Gasteiger charge is -2.35. The Morgan fingerprint density at radius 2 is 1.76 bits per heavy atom. The van der Waals surface area contributed by atoms with Crippen LogP contribution in [0.15, 0.2) is 64.0 Å². The molecule has 0 bridgehead atoms. The molecule has 4 rings (SSSR count). The lowest BCUT2D eigenvalue weighted by atomic mass is 10.1. The Hall–Kier alpha value is -2.93. The first-order valence-electron chi connectivity index (χ1n) is 13.7. The molecular weight excluding hydrogens is 644 g/mol. The maximum atomic E-state index is 14.0. The van der Waals surface area contributed by atoms with Gasteiger partial charge < -0.3 is 19.5 Å². The SMILES string of the molecule is CCOC(=O)c1sc(-c2cccc(N(C3CCNCC3)S(=O)(=O)c3ccccc3)c2)c(Br)c1OCC(=O)OC(C)(C)C. The molecule has 0 saturated carbocycles. The van der Waals surface area contributed by atoms with Crippen LogP contribution in [0.3, 0.4) is 0 Å².